The van der Waals surface area contributed by atoms with Crippen molar-refractivity contribution in [2.45, 2.75) is 82.9 Å². The first-order chi connectivity index (χ1) is 32.9. The quantitative estimate of drug-likeness (QED) is 0.0642. The van der Waals surface area contributed by atoms with Gasteiger partial charge in [-0.2, -0.15) is 0 Å². The Hall–Kier alpha value is -6.21. The molecule has 2 heterocycles. The minimum Gasteiger partial charge on any atom is -0.463 e. The third-order valence-corrected chi connectivity index (χ3v) is 11.9. The number of benzene rings is 6. The molecule has 67 heavy (non-hydrogen) atoms. The van der Waals surface area contributed by atoms with Crippen LogP contribution in [0.4, 0.5) is 0 Å². The smallest absolute Gasteiger partial charge is 0.309 e. The number of ether oxygens (including phenoxy) is 6. The molecule has 10 heteroatoms. The van der Waals surface area contributed by atoms with Crippen molar-refractivity contribution < 1.29 is 43.4 Å². The van der Waals surface area contributed by atoms with Gasteiger partial charge in [0.2, 0.25) is 0 Å². The molecule has 0 aliphatic carbocycles. The largest absolute Gasteiger partial charge is 0.463 e. The number of esters is 1. The number of para-hydroxylation sites is 1. The van der Waals surface area contributed by atoms with E-state index in [2.05, 4.69) is 96.6 Å². The molecule has 0 radical (unpaired) electrons. The number of carbonyl (C=O) groups excluding carboxylic acids is 1. The minimum absolute atomic E-state index is 0.0503. The zero-order valence-electron chi connectivity index (χ0n) is 37.8. The van der Waals surface area contributed by atoms with Crippen molar-refractivity contribution in [3.8, 4) is 0 Å². The Morgan fingerprint density at radius 3 is 1.79 bits per heavy atom. The zero-order valence-corrected chi connectivity index (χ0v) is 37.8. The number of hydrogen-bond acceptors (Lipinski definition) is 9. The lowest BCUT2D eigenvalue weighted by molar-refractivity contribution is -0.274. The number of aromatic nitrogens is 1. The van der Waals surface area contributed by atoms with Crippen LogP contribution in [0.1, 0.15) is 57.0 Å². The predicted molar refractivity (Wildman–Crippen MR) is 259 cm³/mol. The molecule has 8 rings (SSSR count). The van der Waals surface area contributed by atoms with E-state index in [1.807, 2.05) is 91.0 Å². The topological polar surface area (TPSA) is 118 Å². The Labute approximate surface area is 392 Å². The maximum Gasteiger partial charge on any atom is 0.309 e. The Morgan fingerprint density at radius 1 is 0.657 bits per heavy atom. The molecule has 0 spiro atoms. The van der Waals surface area contributed by atoms with Crippen molar-refractivity contribution in [2.24, 2.45) is 0 Å². The third kappa shape index (κ3) is 13.0. The summed E-state index contributed by atoms with van der Waals surface area (Å²) in [6, 6.07) is 55.3. The fourth-order valence-corrected chi connectivity index (χ4v) is 8.49. The number of nitrogens with zero attached hydrogens (tertiary/aromatic N) is 1. The Morgan fingerprint density at radius 2 is 1.21 bits per heavy atom. The van der Waals surface area contributed by atoms with E-state index in [1.54, 1.807) is 6.08 Å². The molecule has 7 aromatic rings. The highest BCUT2D eigenvalue weighted by Gasteiger charge is 2.49. The summed E-state index contributed by atoms with van der Waals surface area (Å²) >= 11 is 0. The molecule has 2 N–H and O–H groups in total. The maximum atomic E-state index is 12.1. The normalized spacial score (nSPS) is 18.9. The SMILES string of the molecule is Cc1cccc2c([C@@H]3O[C@H](COCc4ccccc4)[C@@H](OCc4ccccc4)[C@H](OCc4ccccc4)[C@H]3OCc3ccccc3)cn(Cc3ccc(/C=C/CC(=O)OC[C@H](O)CO)cc3)c12. The highest BCUT2D eigenvalue weighted by Crippen LogP contribution is 2.42. The second-order valence-electron chi connectivity index (χ2n) is 16.9. The molecular weight excluding hydrogens is 843 g/mol. The lowest BCUT2D eigenvalue weighted by Gasteiger charge is -2.46. The number of fused-ring (bicyclic) bond motifs is 1. The van der Waals surface area contributed by atoms with Gasteiger partial charge in [-0.15, -0.1) is 0 Å². The Balaban J connectivity index is 1.14. The highest BCUT2D eigenvalue weighted by molar-refractivity contribution is 5.87. The molecule has 0 saturated carbocycles. The first kappa shape index (κ1) is 47.3. The van der Waals surface area contributed by atoms with Gasteiger partial charge in [-0.05, 0) is 45.9 Å². The summed E-state index contributed by atoms with van der Waals surface area (Å²) in [7, 11) is 0. The molecule has 0 bridgehead atoms. The van der Waals surface area contributed by atoms with Crippen LogP contribution < -0.4 is 0 Å². The van der Waals surface area contributed by atoms with Crippen LogP contribution in [0.2, 0.25) is 0 Å². The van der Waals surface area contributed by atoms with Crippen LogP contribution in [0.5, 0.6) is 0 Å². The number of aliphatic hydroxyl groups is 2. The minimum atomic E-state index is -1.09. The maximum absolute atomic E-state index is 12.1. The van der Waals surface area contributed by atoms with Crippen LogP contribution in [-0.4, -0.2) is 71.1 Å². The average molecular weight is 902 g/mol. The van der Waals surface area contributed by atoms with E-state index in [0.29, 0.717) is 33.0 Å². The fraction of sp³-hybridized carbons (Fsp3) is 0.281. The summed E-state index contributed by atoms with van der Waals surface area (Å²) in [6.07, 6.45) is 1.91. The fourth-order valence-electron chi connectivity index (χ4n) is 8.49. The Kier molecular flexibility index (Phi) is 16.9. The van der Waals surface area contributed by atoms with Gasteiger partial charge >= 0.3 is 5.97 Å². The van der Waals surface area contributed by atoms with E-state index in [-0.39, 0.29) is 19.6 Å². The van der Waals surface area contributed by atoms with Crippen molar-refractivity contribution in [1.82, 2.24) is 4.57 Å². The lowest BCUT2D eigenvalue weighted by Crippen LogP contribution is -2.58. The molecule has 1 aliphatic rings. The van der Waals surface area contributed by atoms with Crippen molar-refractivity contribution in [3.63, 3.8) is 0 Å². The van der Waals surface area contributed by atoms with Gasteiger partial charge < -0.3 is 43.2 Å². The zero-order chi connectivity index (χ0) is 46.2. The first-order valence-electron chi connectivity index (χ1n) is 22.9. The Bertz CT molecular complexity index is 2600. The molecule has 6 atom stereocenters. The summed E-state index contributed by atoms with van der Waals surface area (Å²) in [5.41, 5.74) is 9.41. The van der Waals surface area contributed by atoms with E-state index in [1.165, 1.54) is 0 Å². The molecule has 0 amide bonds. The predicted octanol–water partition coefficient (Wildman–Crippen LogP) is 9.71. The summed E-state index contributed by atoms with van der Waals surface area (Å²) < 4.78 is 42.3. The molecule has 10 nitrogen and oxygen atoms in total. The van der Waals surface area contributed by atoms with E-state index in [9.17, 15) is 9.90 Å². The second-order valence-corrected chi connectivity index (χ2v) is 16.9. The molecule has 1 aliphatic heterocycles. The van der Waals surface area contributed by atoms with Gasteiger partial charge in [-0.1, -0.05) is 176 Å². The molecule has 346 valence electrons. The molecule has 6 aromatic carbocycles. The molecule has 1 aromatic heterocycles. The van der Waals surface area contributed by atoms with Crippen molar-refractivity contribution in [3.05, 3.63) is 221 Å². The number of aliphatic hydroxyl groups excluding tert-OH is 2. The van der Waals surface area contributed by atoms with Crippen molar-refractivity contribution in [2.75, 3.05) is 19.8 Å². The first-order valence-corrected chi connectivity index (χ1v) is 22.9. The lowest BCUT2D eigenvalue weighted by atomic mass is 9.90. The summed E-state index contributed by atoms with van der Waals surface area (Å²) in [5.74, 6) is -0.476. The van der Waals surface area contributed by atoms with E-state index in [4.69, 9.17) is 33.5 Å². The highest BCUT2D eigenvalue weighted by atomic mass is 16.6. The van der Waals surface area contributed by atoms with Crippen molar-refractivity contribution >= 4 is 22.9 Å². The number of rotatable bonds is 22. The van der Waals surface area contributed by atoms with Gasteiger partial charge in [0.1, 0.15) is 43.2 Å². The van der Waals surface area contributed by atoms with Gasteiger partial charge in [0.15, 0.2) is 0 Å². The van der Waals surface area contributed by atoms with Crippen molar-refractivity contribution in [1.29, 1.82) is 0 Å². The van der Waals surface area contributed by atoms with Crippen LogP contribution in [-0.2, 0) is 66.2 Å². The third-order valence-electron chi connectivity index (χ3n) is 11.9. The average Bonchev–Trinajstić information content (AvgIpc) is 3.74. The van der Waals surface area contributed by atoms with Crippen LogP contribution in [0.15, 0.2) is 176 Å². The second kappa shape index (κ2) is 24.0. The molecule has 0 unspecified atom stereocenters. The van der Waals surface area contributed by atoms with Gasteiger partial charge in [0.25, 0.3) is 0 Å². The van der Waals surface area contributed by atoms with Crippen LogP contribution in [0, 0.1) is 6.92 Å². The number of carbonyl (C=O) groups is 1. The summed E-state index contributed by atoms with van der Waals surface area (Å²) in [4.78, 5) is 12.1. The van der Waals surface area contributed by atoms with Crippen LogP contribution >= 0.6 is 0 Å². The molecule has 1 fully saturated rings. The summed E-state index contributed by atoms with van der Waals surface area (Å²) in [5, 5.41) is 19.5. The van der Waals surface area contributed by atoms with Gasteiger partial charge in [-0.3, -0.25) is 4.79 Å². The van der Waals surface area contributed by atoms with E-state index < -0.39 is 49.2 Å². The number of hydrogen-bond donors (Lipinski definition) is 2. The molecular formula is C57H59NO9. The van der Waals surface area contributed by atoms with Gasteiger partial charge in [-0.25, -0.2) is 0 Å². The summed E-state index contributed by atoms with van der Waals surface area (Å²) in [6.45, 7) is 3.72. The molecule has 1 saturated heterocycles. The monoisotopic (exact) mass is 901 g/mol. The van der Waals surface area contributed by atoms with Crippen LogP contribution in [0.25, 0.3) is 17.0 Å². The standard InChI is InChI=1S/C57H59NO9/c1-41-16-14-26-49-50(33-58(53(41)49)32-43-30-28-42(29-31-43)25-15-27-52(61)63-39-48(60)34-59)54-56(65-37-46-21-10-4-11-22-46)57(66-38-47-23-12-5-13-24-47)55(64-36-45-19-8-3-9-20-45)51(67-54)40-62-35-44-17-6-2-7-18-44/h2-26,28-31,33,48,51,54-57,59-60H,27,32,34-40H2,1H3/b25-15+/t48-,51-,54+,55-,56+,57+/m1/s1. The van der Waals surface area contributed by atoms with E-state index >= 15 is 0 Å². The van der Waals surface area contributed by atoms with Gasteiger partial charge in [0, 0.05) is 23.7 Å². The van der Waals surface area contributed by atoms with Crippen LogP contribution in [0.3, 0.4) is 0 Å². The number of aryl methyl sites for hydroxylation is 1. The van der Waals surface area contributed by atoms with Gasteiger partial charge in [0.05, 0.1) is 51.6 Å². The van der Waals surface area contributed by atoms with E-state index in [0.717, 1.165) is 55.4 Å².